The highest BCUT2D eigenvalue weighted by Crippen LogP contribution is 2.18. The minimum atomic E-state index is -0.708. The van der Waals surface area contributed by atoms with Crippen molar-refractivity contribution in [2.45, 2.75) is 0 Å². The molecule has 2 aromatic rings. The number of aromatic nitrogens is 2. The number of nitrogens with two attached hydrogens (primary N) is 1. The van der Waals surface area contributed by atoms with Crippen LogP contribution >= 0.6 is 22.6 Å². The maximum atomic E-state index is 11.4. The Morgan fingerprint density at radius 1 is 1.30 bits per heavy atom. The first kappa shape index (κ1) is 14.3. The molecule has 0 saturated carbocycles. The zero-order valence-corrected chi connectivity index (χ0v) is 12.7. The van der Waals surface area contributed by atoms with Gasteiger partial charge in [-0.1, -0.05) is 0 Å². The second-order valence-corrected chi connectivity index (χ2v) is 5.13. The Balaban J connectivity index is 2.40. The van der Waals surface area contributed by atoms with Crippen LogP contribution in [0.15, 0.2) is 30.5 Å². The molecule has 0 unspecified atom stereocenters. The average molecular weight is 385 g/mol. The number of carbonyl (C=O) groups is 2. The van der Waals surface area contributed by atoms with E-state index in [0.717, 1.165) is 9.26 Å². The van der Waals surface area contributed by atoms with Crippen molar-refractivity contribution in [2.24, 2.45) is 5.73 Å². The van der Waals surface area contributed by atoms with Gasteiger partial charge in [-0.05, 0) is 46.9 Å². The van der Waals surface area contributed by atoms with Crippen molar-refractivity contribution in [1.82, 2.24) is 15.1 Å². The molecule has 1 aromatic heterocycles. The highest BCUT2D eigenvalue weighted by Gasteiger charge is 2.16. The number of nitrogens with zero attached hydrogens (tertiary/aromatic N) is 2. The number of hydrogen-bond acceptors (Lipinski definition) is 3. The first-order valence-electron chi connectivity index (χ1n) is 5.65. The van der Waals surface area contributed by atoms with Crippen molar-refractivity contribution in [3.63, 3.8) is 0 Å². The van der Waals surface area contributed by atoms with Crippen LogP contribution in [0.1, 0.15) is 10.5 Å². The van der Waals surface area contributed by atoms with E-state index in [1.165, 1.54) is 17.9 Å². The molecule has 4 N–H and O–H groups in total. The van der Waals surface area contributed by atoms with Gasteiger partial charge in [0.25, 0.3) is 5.91 Å². The summed E-state index contributed by atoms with van der Waals surface area (Å²) in [6, 6.07) is 7.07. The highest BCUT2D eigenvalue weighted by atomic mass is 127. The Labute approximate surface area is 128 Å². The van der Waals surface area contributed by atoms with Gasteiger partial charge in [-0.25, -0.2) is 9.48 Å². The second-order valence-electron chi connectivity index (χ2n) is 3.88. The van der Waals surface area contributed by atoms with Crippen LogP contribution < -0.4 is 16.4 Å². The van der Waals surface area contributed by atoms with Gasteiger partial charge in [0.2, 0.25) is 0 Å². The number of halogens is 1. The lowest BCUT2D eigenvalue weighted by molar-refractivity contribution is 0.0996. The van der Waals surface area contributed by atoms with E-state index in [0.29, 0.717) is 0 Å². The van der Waals surface area contributed by atoms with Gasteiger partial charge in [-0.15, -0.1) is 0 Å². The Morgan fingerprint density at radius 3 is 2.50 bits per heavy atom. The van der Waals surface area contributed by atoms with E-state index in [4.69, 9.17) is 5.73 Å². The highest BCUT2D eigenvalue weighted by molar-refractivity contribution is 14.1. The third kappa shape index (κ3) is 3.07. The van der Waals surface area contributed by atoms with E-state index in [9.17, 15) is 9.59 Å². The molecule has 0 saturated heterocycles. The first-order chi connectivity index (χ1) is 9.51. The summed E-state index contributed by atoms with van der Waals surface area (Å²) in [7, 11) is 1.48. The number of hydrogen-bond donors (Lipinski definition) is 3. The third-order valence-corrected chi connectivity index (χ3v) is 3.23. The number of benzene rings is 1. The average Bonchev–Trinajstić information content (AvgIpc) is 2.83. The molecule has 1 heterocycles. The molecule has 0 bridgehead atoms. The fourth-order valence-electron chi connectivity index (χ4n) is 1.56. The van der Waals surface area contributed by atoms with Gasteiger partial charge >= 0.3 is 6.03 Å². The summed E-state index contributed by atoms with van der Waals surface area (Å²) in [6.07, 6.45) is 1.54. The van der Waals surface area contributed by atoms with Crippen molar-refractivity contribution in [3.05, 3.63) is 39.7 Å². The van der Waals surface area contributed by atoms with Crippen molar-refractivity contribution in [2.75, 3.05) is 12.4 Å². The molecule has 0 aliphatic carbocycles. The summed E-state index contributed by atoms with van der Waals surface area (Å²) in [4.78, 5) is 22.7. The Kier molecular flexibility index (Phi) is 4.23. The SMILES string of the molecule is CNC(=O)Nc1cn(-c2ccc(I)cc2)nc1C(N)=O. The van der Waals surface area contributed by atoms with Crippen molar-refractivity contribution in [1.29, 1.82) is 0 Å². The Bertz CT molecular complexity index is 650. The molecule has 1 aromatic carbocycles. The molecule has 2 rings (SSSR count). The van der Waals surface area contributed by atoms with E-state index in [-0.39, 0.29) is 11.4 Å². The minimum absolute atomic E-state index is 0.00662. The minimum Gasteiger partial charge on any atom is -0.364 e. The predicted octanol–water partition coefficient (Wildman–Crippen LogP) is 1.33. The van der Waals surface area contributed by atoms with Crippen LogP contribution in [0.4, 0.5) is 10.5 Å². The number of anilines is 1. The van der Waals surface area contributed by atoms with Gasteiger partial charge in [-0.2, -0.15) is 5.10 Å². The van der Waals surface area contributed by atoms with Crippen molar-refractivity contribution < 1.29 is 9.59 Å². The van der Waals surface area contributed by atoms with E-state index in [1.807, 2.05) is 24.3 Å². The lowest BCUT2D eigenvalue weighted by atomic mass is 10.3. The molecule has 0 atom stereocenters. The summed E-state index contributed by atoms with van der Waals surface area (Å²) >= 11 is 2.19. The first-order valence-corrected chi connectivity index (χ1v) is 6.73. The molecule has 0 spiro atoms. The van der Waals surface area contributed by atoms with Crippen LogP contribution in [0, 0.1) is 3.57 Å². The van der Waals surface area contributed by atoms with Crippen LogP contribution in [0.3, 0.4) is 0 Å². The number of nitrogens with one attached hydrogen (secondary N) is 2. The molecule has 7 nitrogen and oxygen atoms in total. The van der Waals surface area contributed by atoms with Gasteiger partial charge in [0.15, 0.2) is 5.69 Å². The van der Waals surface area contributed by atoms with Crippen LogP contribution in [0.2, 0.25) is 0 Å². The van der Waals surface area contributed by atoms with Gasteiger partial charge in [0.05, 0.1) is 17.6 Å². The van der Waals surface area contributed by atoms with Gasteiger partial charge in [-0.3, -0.25) is 4.79 Å². The largest absolute Gasteiger partial charge is 0.364 e. The van der Waals surface area contributed by atoms with Gasteiger partial charge < -0.3 is 16.4 Å². The summed E-state index contributed by atoms with van der Waals surface area (Å²) in [5.41, 5.74) is 6.29. The number of rotatable bonds is 3. The van der Waals surface area contributed by atoms with Crippen molar-refractivity contribution >= 4 is 40.2 Å². The molecule has 0 radical (unpaired) electrons. The van der Waals surface area contributed by atoms with Crippen LogP contribution in [0.25, 0.3) is 5.69 Å². The quantitative estimate of drug-likeness (QED) is 0.695. The van der Waals surface area contributed by atoms with Crippen LogP contribution in [-0.2, 0) is 0 Å². The van der Waals surface area contributed by atoms with E-state index in [2.05, 4.69) is 38.3 Å². The fraction of sp³-hybridized carbons (Fsp3) is 0.0833. The second kappa shape index (κ2) is 5.90. The lowest BCUT2D eigenvalue weighted by Gasteiger charge is -2.01. The number of amides is 3. The number of primary amides is 1. The normalized spacial score (nSPS) is 10.1. The molecule has 0 aliphatic heterocycles. The van der Waals surface area contributed by atoms with Crippen LogP contribution in [-0.4, -0.2) is 28.8 Å². The molecule has 3 amide bonds. The van der Waals surface area contributed by atoms with E-state index in [1.54, 1.807) is 0 Å². The van der Waals surface area contributed by atoms with E-state index >= 15 is 0 Å². The summed E-state index contributed by atoms with van der Waals surface area (Å²) < 4.78 is 2.57. The van der Waals surface area contributed by atoms with Crippen LogP contribution in [0.5, 0.6) is 0 Å². The monoisotopic (exact) mass is 385 g/mol. The summed E-state index contributed by atoms with van der Waals surface area (Å²) in [5.74, 6) is -0.708. The zero-order valence-electron chi connectivity index (χ0n) is 10.6. The lowest BCUT2D eigenvalue weighted by Crippen LogP contribution is -2.26. The Morgan fingerprint density at radius 2 is 1.95 bits per heavy atom. The molecule has 104 valence electrons. The fourth-order valence-corrected chi connectivity index (χ4v) is 1.92. The maximum absolute atomic E-state index is 11.4. The molecule has 0 fully saturated rings. The summed E-state index contributed by atoms with van der Waals surface area (Å²) in [6.45, 7) is 0. The van der Waals surface area contributed by atoms with Crippen molar-refractivity contribution in [3.8, 4) is 5.69 Å². The zero-order chi connectivity index (χ0) is 14.7. The van der Waals surface area contributed by atoms with Gasteiger partial charge in [0.1, 0.15) is 0 Å². The van der Waals surface area contributed by atoms with E-state index < -0.39 is 11.9 Å². The number of urea groups is 1. The predicted molar refractivity (Wildman–Crippen MR) is 82.9 cm³/mol. The molecule has 20 heavy (non-hydrogen) atoms. The molecule has 8 heteroatoms. The molecular weight excluding hydrogens is 373 g/mol. The maximum Gasteiger partial charge on any atom is 0.319 e. The Hall–Kier alpha value is -2.10. The number of carbonyl (C=O) groups excluding carboxylic acids is 2. The standard InChI is InChI=1S/C12H12IN5O2/c1-15-12(20)16-9-6-18(17-10(9)11(14)19)8-4-2-7(13)3-5-8/h2-6H,1H3,(H2,14,19)(H2,15,16,20). The smallest absolute Gasteiger partial charge is 0.319 e. The molecule has 0 aliphatic rings. The third-order valence-electron chi connectivity index (χ3n) is 2.51. The molecular formula is C12H12IN5O2. The summed E-state index contributed by atoms with van der Waals surface area (Å²) in [5, 5.41) is 9.00. The topological polar surface area (TPSA) is 102 Å². The van der Waals surface area contributed by atoms with Gasteiger partial charge in [0, 0.05) is 10.6 Å².